The van der Waals surface area contributed by atoms with E-state index in [2.05, 4.69) is 78.0 Å². The first-order chi connectivity index (χ1) is 19.0. The molecular weight excluding hydrogens is 488 g/mol. The summed E-state index contributed by atoms with van der Waals surface area (Å²) in [6.45, 7) is 5.31. The number of unbranched alkanes of at least 4 members (excludes halogenated alkanes) is 1. The second-order valence-corrected chi connectivity index (χ2v) is 9.67. The van der Waals surface area contributed by atoms with Gasteiger partial charge in [0.1, 0.15) is 12.8 Å². The normalized spacial score (nSPS) is 15.0. The molecule has 1 aromatic rings. The molecule has 0 unspecified atom stereocenters. The van der Waals surface area contributed by atoms with Gasteiger partial charge in [-0.05, 0) is 64.7 Å². The summed E-state index contributed by atoms with van der Waals surface area (Å²) in [5.74, 6) is -0.0139. The minimum atomic E-state index is -0.216. The lowest BCUT2D eigenvalue weighted by Gasteiger charge is -2.32. The van der Waals surface area contributed by atoms with Crippen LogP contribution >= 0.6 is 0 Å². The van der Waals surface area contributed by atoms with E-state index in [9.17, 15) is 9.59 Å². The van der Waals surface area contributed by atoms with E-state index >= 15 is 0 Å². The molecule has 0 spiro atoms. The molecule has 1 saturated heterocycles. The largest absolute Gasteiger partial charge is 0.348 e. The van der Waals surface area contributed by atoms with Gasteiger partial charge in [-0.15, -0.1) is 0 Å². The summed E-state index contributed by atoms with van der Waals surface area (Å²) in [5, 5.41) is 3.05. The molecule has 212 valence electrons. The number of aryl methyl sites for hydroxylation is 1. The van der Waals surface area contributed by atoms with Gasteiger partial charge in [0.05, 0.1) is 0 Å². The lowest BCUT2D eigenvalue weighted by Crippen LogP contribution is -2.47. The molecule has 1 aliphatic heterocycles. The molecule has 0 atom stereocenters. The average Bonchev–Trinajstić information content (AvgIpc) is 2.94. The smallest absolute Gasteiger partial charge is 0.276 e. The van der Waals surface area contributed by atoms with Gasteiger partial charge in [-0.3, -0.25) is 14.4 Å². The Hall–Kier alpha value is -3.48. The zero-order valence-electron chi connectivity index (χ0n) is 24.1. The van der Waals surface area contributed by atoms with Crippen LogP contribution in [-0.2, 0) is 4.79 Å². The van der Waals surface area contributed by atoms with Crippen molar-refractivity contribution in [1.29, 1.82) is 0 Å². The van der Waals surface area contributed by atoms with Crippen molar-refractivity contribution < 1.29 is 19.2 Å². The molecule has 2 amide bonds. The summed E-state index contributed by atoms with van der Waals surface area (Å²) < 4.78 is 1.47. The first-order valence-corrected chi connectivity index (χ1v) is 14.3. The van der Waals surface area contributed by atoms with E-state index in [1.807, 2.05) is 11.8 Å². The van der Waals surface area contributed by atoms with Gasteiger partial charge < -0.3 is 10.2 Å². The van der Waals surface area contributed by atoms with Crippen LogP contribution in [-0.4, -0.2) is 47.9 Å². The highest BCUT2D eigenvalue weighted by Crippen LogP contribution is 2.13. The molecule has 2 rings (SSSR count). The van der Waals surface area contributed by atoms with E-state index in [-0.39, 0.29) is 17.9 Å². The average molecular weight is 536 g/mol. The Morgan fingerprint density at radius 1 is 0.949 bits per heavy atom. The molecule has 1 N–H and O–H groups in total. The van der Waals surface area contributed by atoms with E-state index in [1.165, 1.54) is 11.8 Å². The van der Waals surface area contributed by atoms with Crippen molar-refractivity contribution in [2.24, 2.45) is 0 Å². The Balaban J connectivity index is 1.53. The molecule has 2 heterocycles. The molecule has 7 nitrogen and oxygen atoms in total. The molecule has 1 fully saturated rings. The fourth-order valence-electron chi connectivity index (χ4n) is 4.23. The van der Waals surface area contributed by atoms with Crippen LogP contribution in [0.1, 0.15) is 87.3 Å². The van der Waals surface area contributed by atoms with Gasteiger partial charge in [-0.25, -0.2) is 4.98 Å². The number of rotatable bonds is 16. The molecule has 0 bridgehead atoms. The van der Waals surface area contributed by atoms with Crippen LogP contribution in [0.2, 0.25) is 0 Å². The minimum absolute atomic E-state index is 0.0427. The Kier molecular flexibility index (Phi) is 15.9. The van der Waals surface area contributed by atoms with Crippen LogP contribution in [0, 0.1) is 6.92 Å². The van der Waals surface area contributed by atoms with Gasteiger partial charge in [-0.2, -0.15) is 0 Å². The van der Waals surface area contributed by atoms with Crippen LogP contribution in [0.4, 0.5) is 0 Å². The van der Waals surface area contributed by atoms with Crippen LogP contribution in [0.15, 0.2) is 73.2 Å². The zero-order valence-corrected chi connectivity index (χ0v) is 24.1. The van der Waals surface area contributed by atoms with Crippen molar-refractivity contribution in [3.8, 4) is 0 Å². The van der Waals surface area contributed by atoms with Gasteiger partial charge in [0, 0.05) is 30.3 Å². The SMILES string of the molecule is CC/C=C\C/C=C\C/C=C\C/C=C\C/C=C\CCCC(=O)N1CCC(NC(=O)c2c[n+](OC)cc(C)n2)CC1. The maximum absolute atomic E-state index is 12.6. The van der Waals surface area contributed by atoms with Gasteiger partial charge >= 0.3 is 0 Å². The van der Waals surface area contributed by atoms with E-state index in [1.54, 1.807) is 12.4 Å². The topological polar surface area (TPSA) is 75.4 Å². The monoisotopic (exact) mass is 535 g/mol. The van der Waals surface area contributed by atoms with Crippen molar-refractivity contribution in [2.45, 2.75) is 84.1 Å². The standard InChI is InChI=1S/C32H46N4O3/c1-4-5-6-7-8-9-10-11-12-13-14-15-16-17-18-19-20-21-31(37)35-24-22-29(23-25-35)34-32(38)30-27-36(39-3)26-28(2)33-30/h5-6,8-9,11-12,14-15,17-18,26-27,29H,4,7,10,13,16,19-25H2,1-3H3/p+1/b6-5-,9-8-,12-11-,15-14-,18-17-. The van der Waals surface area contributed by atoms with Crippen molar-refractivity contribution in [1.82, 2.24) is 15.2 Å². The summed E-state index contributed by atoms with van der Waals surface area (Å²) in [6.07, 6.45) is 34.0. The number of nitrogens with one attached hydrogen (secondary N) is 1. The Labute approximate surface area is 235 Å². The van der Waals surface area contributed by atoms with Crippen molar-refractivity contribution >= 4 is 11.8 Å². The molecule has 7 heteroatoms. The molecular formula is C32H47N4O3+. The number of allylic oxidation sites excluding steroid dienone is 10. The third-order valence-corrected chi connectivity index (χ3v) is 6.41. The van der Waals surface area contributed by atoms with Crippen LogP contribution in [0.5, 0.6) is 0 Å². The maximum Gasteiger partial charge on any atom is 0.276 e. The van der Waals surface area contributed by atoms with Gasteiger partial charge in [0.15, 0.2) is 5.69 Å². The number of piperidine rings is 1. The van der Waals surface area contributed by atoms with Crippen LogP contribution in [0.25, 0.3) is 0 Å². The predicted molar refractivity (Wildman–Crippen MR) is 157 cm³/mol. The number of aromatic nitrogens is 2. The lowest BCUT2D eigenvalue weighted by molar-refractivity contribution is -0.886. The maximum atomic E-state index is 12.6. The second kappa shape index (κ2) is 19.6. The fourth-order valence-corrected chi connectivity index (χ4v) is 4.23. The van der Waals surface area contributed by atoms with Crippen molar-refractivity contribution in [3.05, 3.63) is 84.5 Å². The van der Waals surface area contributed by atoms with Crippen LogP contribution < -0.4 is 14.9 Å². The zero-order chi connectivity index (χ0) is 28.1. The predicted octanol–water partition coefficient (Wildman–Crippen LogP) is 5.38. The molecule has 0 aromatic carbocycles. The Morgan fingerprint density at radius 3 is 2.08 bits per heavy atom. The first kappa shape index (κ1) is 31.7. The molecule has 1 aromatic heterocycles. The van der Waals surface area contributed by atoms with E-state index in [0.29, 0.717) is 30.9 Å². The highest BCUT2D eigenvalue weighted by atomic mass is 16.6. The summed E-state index contributed by atoms with van der Waals surface area (Å²) in [4.78, 5) is 36.5. The summed E-state index contributed by atoms with van der Waals surface area (Å²) in [7, 11) is 1.54. The van der Waals surface area contributed by atoms with Crippen molar-refractivity contribution in [2.75, 3.05) is 20.2 Å². The van der Waals surface area contributed by atoms with Crippen molar-refractivity contribution in [3.63, 3.8) is 0 Å². The van der Waals surface area contributed by atoms with Gasteiger partial charge in [0.2, 0.25) is 12.1 Å². The summed E-state index contributed by atoms with van der Waals surface area (Å²) in [6, 6.07) is 0.0427. The summed E-state index contributed by atoms with van der Waals surface area (Å²) >= 11 is 0. The van der Waals surface area contributed by atoms with Gasteiger partial charge in [-0.1, -0.05) is 67.7 Å². The molecule has 39 heavy (non-hydrogen) atoms. The second-order valence-electron chi connectivity index (χ2n) is 9.67. The number of carbonyl (C=O) groups is 2. The number of hydrogen-bond acceptors (Lipinski definition) is 4. The Bertz CT molecular complexity index is 1020. The molecule has 0 saturated carbocycles. The highest BCUT2D eigenvalue weighted by Gasteiger charge is 2.25. The number of hydrogen-bond donors (Lipinski definition) is 1. The highest BCUT2D eigenvalue weighted by molar-refractivity contribution is 5.92. The number of likely N-dealkylation sites (tertiary alicyclic amines) is 1. The Morgan fingerprint density at radius 2 is 1.51 bits per heavy atom. The molecule has 0 radical (unpaired) electrons. The van der Waals surface area contributed by atoms with Gasteiger partial charge in [0.25, 0.3) is 12.1 Å². The van der Waals surface area contributed by atoms with Crippen LogP contribution in [0.3, 0.4) is 0 Å². The molecule has 1 aliphatic rings. The van der Waals surface area contributed by atoms with E-state index in [0.717, 1.165) is 57.8 Å². The number of amides is 2. The minimum Gasteiger partial charge on any atom is -0.348 e. The lowest BCUT2D eigenvalue weighted by atomic mass is 10.0. The molecule has 0 aliphatic carbocycles. The fraction of sp³-hybridized carbons (Fsp3) is 0.500. The third kappa shape index (κ3) is 13.8. The van der Waals surface area contributed by atoms with E-state index < -0.39 is 0 Å². The number of nitrogens with zero attached hydrogens (tertiary/aromatic N) is 3. The van der Waals surface area contributed by atoms with E-state index in [4.69, 9.17) is 4.84 Å². The quantitative estimate of drug-likeness (QED) is 0.175. The number of carbonyl (C=O) groups excluding carboxylic acids is 2. The first-order valence-electron chi connectivity index (χ1n) is 14.3. The summed E-state index contributed by atoms with van der Waals surface area (Å²) in [5.41, 5.74) is 1.03. The third-order valence-electron chi connectivity index (χ3n) is 6.41.